The number of amides is 1. The highest BCUT2D eigenvalue weighted by Crippen LogP contribution is 2.20. The van der Waals surface area contributed by atoms with Gasteiger partial charge in [0.25, 0.3) is 0 Å². The van der Waals surface area contributed by atoms with E-state index in [2.05, 4.69) is 14.0 Å². The maximum Gasteiger partial charge on any atom is 0.306 e. The van der Waals surface area contributed by atoms with Crippen LogP contribution >= 0.6 is 0 Å². The Morgan fingerprint density at radius 1 is 1.00 bits per heavy atom. The molecule has 0 bridgehead atoms. The fraction of sp³-hybridized carbons (Fsp3) is 0.917. The largest absolute Gasteiger partial charge is 0.454 e. The minimum Gasteiger partial charge on any atom is -0.454 e. The van der Waals surface area contributed by atoms with Crippen LogP contribution in [0.25, 0.3) is 0 Å². The van der Waals surface area contributed by atoms with E-state index in [0.29, 0.717) is 19.4 Å². The molecule has 2 saturated heterocycles. The zero-order valence-corrected chi connectivity index (χ0v) is 19.1. The number of likely N-dealkylation sites (tertiary alicyclic amines) is 2. The fourth-order valence-corrected chi connectivity index (χ4v) is 4.87. The normalized spacial score (nSPS) is 19.7. The average Bonchev–Trinajstić information content (AvgIpc) is 3.29. The molecule has 0 spiro atoms. The van der Waals surface area contributed by atoms with E-state index >= 15 is 0 Å². The molecule has 5 heteroatoms. The molecule has 29 heavy (non-hydrogen) atoms. The Bertz CT molecular complexity index is 489. The van der Waals surface area contributed by atoms with Crippen molar-refractivity contribution in [3.8, 4) is 0 Å². The highest BCUT2D eigenvalue weighted by molar-refractivity contribution is 5.78. The van der Waals surface area contributed by atoms with Crippen LogP contribution in [0.2, 0.25) is 0 Å². The Morgan fingerprint density at radius 3 is 2.21 bits per heavy atom. The molecule has 0 saturated carbocycles. The first kappa shape index (κ1) is 24.2. The van der Waals surface area contributed by atoms with Crippen molar-refractivity contribution in [2.24, 2.45) is 0 Å². The predicted octanol–water partition coefficient (Wildman–Crippen LogP) is 4.68. The van der Waals surface area contributed by atoms with E-state index in [-0.39, 0.29) is 18.0 Å². The van der Waals surface area contributed by atoms with Gasteiger partial charge in [-0.1, -0.05) is 58.3 Å². The van der Waals surface area contributed by atoms with Crippen LogP contribution in [-0.4, -0.2) is 67.1 Å². The van der Waals surface area contributed by atoms with Crippen molar-refractivity contribution in [3.05, 3.63) is 0 Å². The average molecular weight is 410 g/mol. The predicted molar refractivity (Wildman–Crippen MR) is 118 cm³/mol. The molecule has 2 rings (SSSR count). The number of likely N-dealkylation sites (N-methyl/N-ethyl adjacent to an activating group) is 1. The Balaban J connectivity index is 1.67. The van der Waals surface area contributed by atoms with Crippen molar-refractivity contribution in [2.75, 3.05) is 39.8 Å². The molecular weight excluding hydrogens is 364 g/mol. The van der Waals surface area contributed by atoms with Gasteiger partial charge in [0.15, 0.2) is 6.10 Å². The second-order valence-electron chi connectivity index (χ2n) is 9.59. The number of carbonyl (C=O) groups excluding carboxylic acids is 2. The first-order chi connectivity index (χ1) is 14.0. The van der Waals surface area contributed by atoms with E-state index < -0.39 is 0 Å². The third-order valence-electron chi connectivity index (χ3n) is 6.67. The summed E-state index contributed by atoms with van der Waals surface area (Å²) in [6.45, 7) is 6.79. The van der Waals surface area contributed by atoms with Gasteiger partial charge in [-0.05, 0) is 12.8 Å². The summed E-state index contributed by atoms with van der Waals surface area (Å²) in [5.41, 5.74) is 0. The van der Waals surface area contributed by atoms with Gasteiger partial charge in [0.05, 0.1) is 26.7 Å². The Labute approximate surface area is 178 Å². The minimum absolute atomic E-state index is 0.0737. The summed E-state index contributed by atoms with van der Waals surface area (Å²) in [5, 5.41) is 0. The molecule has 1 unspecified atom stereocenters. The van der Waals surface area contributed by atoms with Crippen LogP contribution in [0.4, 0.5) is 0 Å². The van der Waals surface area contributed by atoms with Gasteiger partial charge in [-0.2, -0.15) is 0 Å². The molecule has 0 aliphatic carbocycles. The highest BCUT2D eigenvalue weighted by Gasteiger charge is 2.34. The van der Waals surface area contributed by atoms with Crippen molar-refractivity contribution < 1.29 is 18.8 Å². The Morgan fingerprint density at radius 2 is 1.62 bits per heavy atom. The zero-order chi connectivity index (χ0) is 21.0. The van der Waals surface area contributed by atoms with Crippen LogP contribution in [-0.2, 0) is 14.3 Å². The molecule has 168 valence electrons. The lowest BCUT2D eigenvalue weighted by Crippen LogP contribution is -2.51. The number of carbonyl (C=O) groups is 2. The molecule has 1 amide bonds. The van der Waals surface area contributed by atoms with E-state index in [1.54, 1.807) is 0 Å². The maximum absolute atomic E-state index is 12.5. The maximum atomic E-state index is 12.5. The Hall–Kier alpha value is -1.10. The molecule has 0 aromatic rings. The summed E-state index contributed by atoms with van der Waals surface area (Å²) in [4.78, 5) is 26.4. The van der Waals surface area contributed by atoms with Crippen LogP contribution in [0, 0.1) is 0 Å². The summed E-state index contributed by atoms with van der Waals surface area (Å²) in [5.74, 6) is 0.143. The summed E-state index contributed by atoms with van der Waals surface area (Å²) >= 11 is 0. The minimum atomic E-state index is -0.161. The number of ether oxygens (including phenoxy) is 1. The van der Waals surface area contributed by atoms with Gasteiger partial charge in [-0.15, -0.1) is 0 Å². The van der Waals surface area contributed by atoms with Crippen LogP contribution in [0.15, 0.2) is 0 Å². The molecule has 1 atom stereocenters. The fourth-order valence-electron chi connectivity index (χ4n) is 4.87. The van der Waals surface area contributed by atoms with Gasteiger partial charge in [-0.25, -0.2) is 0 Å². The summed E-state index contributed by atoms with van der Waals surface area (Å²) in [6.07, 6.45) is 15.7. The Kier molecular flexibility index (Phi) is 11.0. The molecule has 2 aliphatic heterocycles. The van der Waals surface area contributed by atoms with Gasteiger partial charge < -0.3 is 14.1 Å². The molecular formula is C24H45N2O3+. The van der Waals surface area contributed by atoms with E-state index in [9.17, 15) is 9.59 Å². The van der Waals surface area contributed by atoms with Crippen LogP contribution in [0.5, 0.6) is 0 Å². The number of rotatable bonds is 15. The molecule has 0 N–H and O–H groups in total. The molecule has 0 aromatic heterocycles. The third-order valence-corrected chi connectivity index (χ3v) is 6.67. The van der Waals surface area contributed by atoms with Crippen molar-refractivity contribution in [2.45, 2.75) is 103 Å². The first-order valence-corrected chi connectivity index (χ1v) is 12.3. The van der Waals surface area contributed by atoms with Crippen LogP contribution < -0.4 is 0 Å². The van der Waals surface area contributed by atoms with E-state index in [0.717, 1.165) is 49.9 Å². The van der Waals surface area contributed by atoms with Gasteiger partial charge in [-0.3, -0.25) is 9.59 Å². The second kappa shape index (κ2) is 13.3. The second-order valence-corrected chi connectivity index (χ2v) is 9.59. The number of hydrogen-bond acceptors (Lipinski definition) is 3. The lowest BCUT2D eigenvalue weighted by Gasteiger charge is -2.34. The van der Waals surface area contributed by atoms with Gasteiger partial charge in [0.2, 0.25) is 5.91 Å². The van der Waals surface area contributed by atoms with Crippen LogP contribution in [0.3, 0.4) is 0 Å². The summed E-state index contributed by atoms with van der Waals surface area (Å²) < 4.78 is 6.88. The van der Waals surface area contributed by atoms with Crippen molar-refractivity contribution >= 4 is 11.9 Å². The molecule has 2 heterocycles. The number of unbranched alkanes of at least 4 members (excludes halogenated alkanes) is 8. The van der Waals surface area contributed by atoms with Crippen LogP contribution in [0.1, 0.15) is 96.8 Å². The lowest BCUT2D eigenvalue weighted by molar-refractivity contribution is -0.900. The van der Waals surface area contributed by atoms with Gasteiger partial charge in [0, 0.05) is 32.2 Å². The quantitative estimate of drug-likeness (QED) is 0.224. The summed E-state index contributed by atoms with van der Waals surface area (Å²) in [7, 11) is 2.26. The number of nitrogens with zero attached hydrogens (tertiary/aromatic N) is 2. The summed E-state index contributed by atoms with van der Waals surface area (Å²) in [6, 6.07) is 0. The topological polar surface area (TPSA) is 46.6 Å². The van der Waals surface area contributed by atoms with Crippen molar-refractivity contribution in [3.63, 3.8) is 0 Å². The first-order valence-electron chi connectivity index (χ1n) is 12.3. The molecule has 5 nitrogen and oxygen atoms in total. The molecule has 2 aliphatic rings. The smallest absolute Gasteiger partial charge is 0.306 e. The van der Waals surface area contributed by atoms with E-state index in [1.807, 2.05) is 4.90 Å². The molecule has 0 radical (unpaired) electrons. The van der Waals surface area contributed by atoms with Gasteiger partial charge in [0.1, 0.15) is 6.54 Å². The number of quaternary nitrogens is 1. The van der Waals surface area contributed by atoms with Crippen molar-refractivity contribution in [1.29, 1.82) is 0 Å². The van der Waals surface area contributed by atoms with E-state index in [4.69, 9.17) is 4.74 Å². The lowest BCUT2D eigenvalue weighted by atomic mass is 10.1. The standard InChI is InChI=1S/C24H45N2O3/c1-3-4-5-6-7-8-9-10-11-16-24(28)29-22(20-25-17-14-15-23(25)27)21-26(2)18-12-13-19-26/h22H,3-21H2,1-2H3/q+1. The number of esters is 1. The van der Waals surface area contributed by atoms with E-state index in [1.165, 1.54) is 57.8 Å². The third kappa shape index (κ3) is 9.50. The monoisotopic (exact) mass is 409 g/mol. The zero-order valence-electron chi connectivity index (χ0n) is 19.1. The van der Waals surface area contributed by atoms with Crippen molar-refractivity contribution in [1.82, 2.24) is 4.90 Å². The SMILES string of the molecule is CCCCCCCCCCCC(=O)OC(CN1CCCC1=O)C[N+]1(C)CCCC1. The highest BCUT2D eigenvalue weighted by atomic mass is 16.5. The molecule has 0 aromatic carbocycles. The van der Waals surface area contributed by atoms with Gasteiger partial charge >= 0.3 is 5.97 Å². The molecule has 2 fully saturated rings. The number of hydrogen-bond donors (Lipinski definition) is 0.